The number of carbonyl (C=O) groups excluding carboxylic acids is 2. The molecule has 9 nitrogen and oxygen atoms in total. The predicted molar refractivity (Wildman–Crippen MR) is 95.7 cm³/mol. The van der Waals surface area contributed by atoms with E-state index >= 15 is 0 Å². The van der Waals surface area contributed by atoms with Crippen LogP contribution in [0.5, 0.6) is 0 Å². The molecule has 27 heavy (non-hydrogen) atoms. The van der Waals surface area contributed by atoms with Crippen LogP contribution >= 0.6 is 0 Å². The van der Waals surface area contributed by atoms with Crippen LogP contribution < -0.4 is 11.1 Å². The van der Waals surface area contributed by atoms with E-state index in [2.05, 4.69) is 25.1 Å². The second kappa shape index (κ2) is 6.71. The number of hydrogen-bond donors (Lipinski definition) is 1. The SMILES string of the molecule is Nc1nnc2nc(CC(=O)c3ccncc3)/c(=C\C(=O)c3ccncc3)n12. The molecule has 0 aliphatic carbocycles. The van der Waals surface area contributed by atoms with E-state index in [1.54, 1.807) is 36.7 Å². The zero-order valence-corrected chi connectivity index (χ0v) is 14.0. The highest BCUT2D eigenvalue weighted by atomic mass is 16.1. The van der Waals surface area contributed by atoms with Gasteiger partial charge in [0.05, 0.1) is 17.5 Å². The molecule has 9 heteroatoms. The summed E-state index contributed by atoms with van der Waals surface area (Å²) in [5.41, 5.74) is 7.22. The molecule has 0 unspecified atom stereocenters. The van der Waals surface area contributed by atoms with Gasteiger partial charge in [0.2, 0.25) is 5.95 Å². The third kappa shape index (κ3) is 3.13. The summed E-state index contributed by atoms with van der Waals surface area (Å²) in [5.74, 6) is -0.0965. The first-order chi connectivity index (χ1) is 13.1. The number of pyridine rings is 2. The van der Waals surface area contributed by atoms with Crippen LogP contribution in [-0.2, 0) is 6.42 Å². The molecule has 0 radical (unpaired) electrons. The van der Waals surface area contributed by atoms with Gasteiger partial charge in [-0.1, -0.05) is 0 Å². The Morgan fingerprint density at radius 1 is 0.963 bits per heavy atom. The van der Waals surface area contributed by atoms with Gasteiger partial charge in [-0.15, -0.1) is 10.2 Å². The van der Waals surface area contributed by atoms with Gasteiger partial charge in [-0.3, -0.25) is 19.6 Å². The first-order valence-corrected chi connectivity index (χ1v) is 8.02. The normalized spacial score (nSPS) is 11.8. The fourth-order valence-electron chi connectivity index (χ4n) is 2.69. The van der Waals surface area contributed by atoms with Crippen LogP contribution in [0.4, 0.5) is 5.95 Å². The molecule has 2 N–H and O–H groups in total. The lowest BCUT2D eigenvalue weighted by atomic mass is 10.1. The average molecular weight is 359 g/mol. The minimum absolute atomic E-state index is 0.0116. The minimum atomic E-state index is -0.266. The second-order valence-electron chi connectivity index (χ2n) is 5.72. The highest BCUT2D eigenvalue weighted by molar-refractivity contribution is 6.17. The Kier molecular flexibility index (Phi) is 4.09. The Labute approximate surface area is 152 Å². The Balaban J connectivity index is 1.80. The predicted octanol–water partition coefficient (Wildman–Crippen LogP) is 0.304. The van der Waals surface area contributed by atoms with E-state index in [1.165, 1.54) is 22.9 Å². The number of carbonyl (C=O) groups is 2. The standard InChI is InChI=1S/C18H13N7O2/c19-17-23-24-18-22-13(9-15(26)11-1-5-20-6-2-11)14(25(17)18)10-16(27)12-3-7-21-8-4-12/h1-8,10H,9H2,(H2,19,23)/b14-10+. The average Bonchev–Trinajstić information content (AvgIpc) is 3.23. The maximum atomic E-state index is 12.6. The third-order valence-electron chi connectivity index (χ3n) is 4.01. The molecule has 4 aromatic rings. The van der Waals surface area contributed by atoms with Crippen molar-refractivity contribution < 1.29 is 9.59 Å². The summed E-state index contributed by atoms with van der Waals surface area (Å²) in [6.07, 6.45) is 7.51. The van der Waals surface area contributed by atoms with E-state index in [0.717, 1.165) is 0 Å². The van der Waals surface area contributed by atoms with Crippen molar-refractivity contribution >= 4 is 29.4 Å². The molecule has 0 saturated heterocycles. The van der Waals surface area contributed by atoms with Gasteiger partial charge in [0.25, 0.3) is 5.78 Å². The number of anilines is 1. The fraction of sp³-hybridized carbons (Fsp3) is 0.0556. The highest BCUT2D eigenvalue weighted by Gasteiger charge is 2.17. The lowest BCUT2D eigenvalue weighted by molar-refractivity contribution is 0.0990. The minimum Gasteiger partial charge on any atom is -0.368 e. The van der Waals surface area contributed by atoms with E-state index < -0.39 is 0 Å². The molecular formula is C18H13N7O2. The molecule has 132 valence electrons. The molecular weight excluding hydrogens is 346 g/mol. The van der Waals surface area contributed by atoms with Gasteiger partial charge < -0.3 is 5.73 Å². The largest absolute Gasteiger partial charge is 0.368 e. The van der Waals surface area contributed by atoms with Gasteiger partial charge in [0, 0.05) is 42.0 Å². The molecule has 0 amide bonds. The van der Waals surface area contributed by atoms with Gasteiger partial charge >= 0.3 is 0 Å². The lowest BCUT2D eigenvalue weighted by Crippen LogP contribution is -2.20. The first-order valence-electron chi connectivity index (χ1n) is 8.02. The molecule has 0 fully saturated rings. The second-order valence-corrected chi connectivity index (χ2v) is 5.72. The van der Waals surface area contributed by atoms with Crippen molar-refractivity contribution in [2.24, 2.45) is 0 Å². The van der Waals surface area contributed by atoms with Crippen LogP contribution in [0.3, 0.4) is 0 Å². The van der Waals surface area contributed by atoms with Crippen molar-refractivity contribution in [1.82, 2.24) is 29.5 Å². The van der Waals surface area contributed by atoms with Crippen molar-refractivity contribution in [2.75, 3.05) is 5.73 Å². The van der Waals surface area contributed by atoms with E-state index in [1.807, 2.05) is 0 Å². The molecule has 0 aliphatic rings. The van der Waals surface area contributed by atoms with Crippen LogP contribution in [0, 0.1) is 0 Å². The Morgan fingerprint density at radius 3 is 2.26 bits per heavy atom. The maximum Gasteiger partial charge on any atom is 0.257 e. The fourth-order valence-corrected chi connectivity index (χ4v) is 2.69. The molecule has 0 spiro atoms. The zero-order chi connectivity index (χ0) is 18.8. The molecule has 4 aromatic heterocycles. The molecule has 0 atom stereocenters. The van der Waals surface area contributed by atoms with Crippen LogP contribution in [0.1, 0.15) is 26.4 Å². The van der Waals surface area contributed by atoms with Crippen LogP contribution in [-0.4, -0.2) is 41.1 Å². The summed E-state index contributed by atoms with van der Waals surface area (Å²) >= 11 is 0. The van der Waals surface area contributed by atoms with E-state index in [9.17, 15) is 9.59 Å². The van der Waals surface area contributed by atoms with Crippen LogP contribution in [0.2, 0.25) is 0 Å². The Bertz CT molecular complexity index is 1190. The van der Waals surface area contributed by atoms with Crippen molar-refractivity contribution in [2.45, 2.75) is 6.42 Å². The Morgan fingerprint density at radius 2 is 1.59 bits per heavy atom. The van der Waals surface area contributed by atoms with Crippen LogP contribution in [0.15, 0.2) is 49.1 Å². The topological polar surface area (TPSA) is 129 Å². The number of nitrogens with two attached hydrogens (primary N) is 1. The smallest absolute Gasteiger partial charge is 0.257 e. The van der Waals surface area contributed by atoms with Crippen molar-refractivity contribution in [3.8, 4) is 0 Å². The van der Waals surface area contributed by atoms with E-state index in [-0.39, 0.29) is 29.7 Å². The van der Waals surface area contributed by atoms with Crippen molar-refractivity contribution in [3.05, 3.63) is 71.2 Å². The summed E-state index contributed by atoms with van der Waals surface area (Å²) in [6, 6.07) is 6.45. The zero-order valence-electron chi connectivity index (χ0n) is 14.0. The highest BCUT2D eigenvalue weighted by Crippen LogP contribution is 2.07. The summed E-state index contributed by atoms with van der Waals surface area (Å²) in [5, 5.41) is 8.03. The van der Waals surface area contributed by atoms with E-state index in [4.69, 9.17) is 5.73 Å². The van der Waals surface area contributed by atoms with Crippen molar-refractivity contribution in [1.29, 1.82) is 0 Å². The molecule has 4 rings (SSSR count). The number of nitrogens with zero attached hydrogens (tertiary/aromatic N) is 6. The lowest BCUT2D eigenvalue weighted by Gasteiger charge is -1.99. The number of ketones is 2. The van der Waals surface area contributed by atoms with Gasteiger partial charge in [0.15, 0.2) is 11.6 Å². The third-order valence-corrected chi connectivity index (χ3v) is 4.01. The molecule has 0 aromatic carbocycles. The number of fused-ring (bicyclic) bond motifs is 1. The number of rotatable bonds is 5. The van der Waals surface area contributed by atoms with Gasteiger partial charge in [-0.25, -0.2) is 9.38 Å². The van der Waals surface area contributed by atoms with Gasteiger partial charge in [-0.2, -0.15) is 0 Å². The number of imidazole rings is 1. The monoisotopic (exact) mass is 359 g/mol. The van der Waals surface area contributed by atoms with Gasteiger partial charge in [0.1, 0.15) is 0 Å². The van der Waals surface area contributed by atoms with Crippen molar-refractivity contribution in [3.63, 3.8) is 0 Å². The molecule has 4 heterocycles. The molecule has 0 aliphatic heterocycles. The Hall–Kier alpha value is -4.01. The summed E-state index contributed by atoms with van der Waals surface area (Å²) in [6.45, 7) is 0. The summed E-state index contributed by atoms with van der Waals surface area (Å²) in [4.78, 5) is 37.3. The van der Waals surface area contributed by atoms with Crippen LogP contribution in [0.25, 0.3) is 11.9 Å². The number of nitrogen functional groups attached to an aromatic ring is 1. The number of hydrogen-bond acceptors (Lipinski definition) is 8. The summed E-state index contributed by atoms with van der Waals surface area (Å²) < 4.78 is 1.45. The number of aromatic nitrogens is 6. The molecule has 0 bridgehead atoms. The number of Topliss-reactive ketones (excluding diaryl/α,β-unsaturated/α-hetero) is 2. The van der Waals surface area contributed by atoms with Gasteiger partial charge in [-0.05, 0) is 24.3 Å². The maximum absolute atomic E-state index is 12.6. The molecule has 0 saturated carbocycles. The summed E-state index contributed by atoms with van der Waals surface area (Å²) in [7, 11) is 0. The quantitative estimate of drug-likeness (QED) is 0.504. The first kappa shape index (κ1) is 16.5. The van der Waals surface area contributed by atoms with E-state index in [0.29, 0.717) is 22.2 Å².